The summed E-state index contributed by atoms with van der Waals surface area (Å²) in [6, 6.07) is 70.1. The molecule has 696 valence electrons. The lowest BCUT2D eigenvalue weighted by molar-refractivity contribution is -0.168. The summed E-state index contributed by atoms with van der Waals surface area (Å²) in [5.74, 6) is -7.30. The van der Waals surface area contributed by atoms with Crippen LogP contribution < -0.4 is 21.7 Å². The van der Waals surface area contributed by atoms with Crippen LogP contribution in [-0.2, 0) is 106 Å². The normalized spacial score (nSPS) is 22.4. The second-order valence-electron chi connectivity index (χ2n) is 33.9. The van der Waals surface area contributed by atoms with Crippen LogP contribution in [0.1, 0.15) is 186 Å². The SMILES string of the molecule is C.CC1(C)O[C@@H](C(=O)NCc2ccc(C=NO)cc2)[C@H](C(=O)N2CCC[C@@H]2c2ccccc2)O1.CC1(C)O[C@@H](C(=O)NCc2ccc(CO)cc2)[C@H](C(=O)N2CCC[C@@H]2c2ccccc2)O1.CC1(C)O[C@@H](C(=O)O)[C@H](C(=O)N2CCC[C@@H]2c2ccccc2)O1.NCc1ccc(CO)cc1.O=C(NCc1ccc(-c2ccon2)cc1)[C@H](O)[C@@H](O)C(=O)N1CCC[C@@H]1c1ccccc1. The van der Waals surface area contributed by atoms with Gasteiger partial charge in [-0.05, 0) is 154 Å². The number of carboxylic acids is 1. The molecule has 31 heteroatoms. The van der Waals surface area contributed by atoms with Crippen molar-refractivity contribution >= 4 is 53.5 Å². The maximum absolute atomic E-state index is 13.5. The molecule has 11 N–H and O–H groups in total. The first-order valence-corrected chi connectivity index (χ1v) is 43.8. The van der Waals surface area contributed by atoms with Crippen molar-refractivity contribution in [3.05, 3.63) is 292 Å². The van der Waals surface area contributed by atoms with Crippen molar-refractivity contribution in [2.45, 2.75) is 230 Å². The van der Waals surface area contributed by atoms with Gasteiger partial charge in [0.2, 0.25) is 0 Å². The predicted octanol–water partition coefficient (Wildman–Crippen LogP) is 10.9. The molecule has 8 aromatic carbocycles. The zero-order valence-electron chi connectivity index (χ0n) is 73.7. The number of nitrogens with zero attached hydrogens (tertiary/aromatic N) is 6. The Morgan fingerprint density at radius 1 is 0.427 bits per heavy atom. The van der Waals surface area contributed by atoms with E-state index in [1.165, 1.54) is 12.5 Å². The second kappa shape index (κ2) is 46.5. The summed E-state index contributed by atoms with van der Waals surface area (Å²) < 4.78 is 39.3. The van der Waals surface area contributed by atoms with Crippen molar-refractivity contribution in [2.75, 3.05) is 26.2 Å². The number of aromatic nitrogens is 1. The van der Waals surface area contributed by atoms with E-state index in [0.717, 1.165) is 118 Å². The number of oxime groups is 1. The number of carbonyl (C=O) groups excluding carboxylic acids is 7. The summed E-state index contributed by atoms with van der Waals surface area (Å²) in [6.45, 7) is 13.8. The van der Waals surface area contributed by atoms with E-state index >= 15 is 0 Å². The number of aliphatic hydroxyl groups is 4. The van der Waals surface area contributed by atoms with Gasteiger partial charge in [0.1, 0.15) is 12.0 Å². The number of aliphatic hydroxyl groups excluding tert-OH is 4. The van der Waals surface area contributed by atoms with Crippen LogP contribution in [0.4, 0.5) is 0 Å². The highest BCUT2D eigenvalue weighted by atomic mass is 16.8. The van der Waals surface area contributed by atoms with Crippen LogP contribution in [0.3, 0.4) is 0 Å². The zero-order chi connectivity index (χ0) is 92.7. The average molecular weight is 1800 g/mol. The average Bonchev–Trinajstić information content (AvgIpc) is 1.63. The number of carbonyl (C=O) groups is 8. The number of carboxylic acid groups (broad SMARTS) is 1. The Morgan fingerprint density at radius 2 is 0.748 bits per heavy atom. The third-order valence-corrected chi connectivity index (χ3v) is 23.4. The predicted molar refractivity (Wildman–Crippen MR) is 484 cm³/mol. The second-order valence-corrected chi connectivity index (χ2v) is 33.9. The number of rotatable bonds is 24. The Hall–Kier alpha value is -12.2. The van der Waals surface area contributed by atoms with Crippen LogP contribution in [0.25, 0.3) is 11.3 Å². The molecule has 0 saturated carbocycles. The highest BCUT2D eigenvalue weighted by Gasteiger charge is 2.55. The summed E-state index contributed by atoms with van der Waals surface area (Å²) in [6.07, 6.45) is -0.413. The molecule has 0 bridgehead atoms. The van der Waals surface area contributed by atoms with Crippen molar-refractivity contribution in [3.8, 4) is 11.3 Å². The van der Waals surface area contributed by atoms with E-state index in [0.29, 0.717) is 45.0 Å². The van der Waals surface area contributed by atoms with Crippen molar-refractivity contribution in [3.63, 3.8) is 0 Å². The van der Waals surface area contributed by atoms with Gasteiger partial charge in [0, 0.05) is 64.0 Å². The van der Waals surface area contributed by atoms with E-state index in [9.17, 15) is 53.7 Å². The molecule has 8 heterocycles. The summed E-state index contributed by atoms with van der Waals surface area (Å²) in [7, 11) is 0. The zero-order valence-corrected chi connectivity index (χ0v) is 73.7. The lowest BCUT2D eigenvalue weighted by Gasteiger charge is -2.28. The van der Waals surface area contributed by atoms with Crippen LogP contribution in [0.15, 0.2) is 240 Å². The van der Waals surface area contributed by atoms with Crippen molar-refractivity contribution < 1.29 is 102 Å². The topological polar surface area (TPSA) is 427 Å². The quantitative estimate of drug-likeness (QED) is 0.0153. The standard InChI is InChI=1S/C25H29N3O5.C25H30N2O5.C24H25N3O5.C17H21NO5.C8H11NO.CH4/c1-25(2)32-21(23(29)26-15-17-10-12-18(13-11-17)16-27-31)22(33-25)24(30)28-14-6-9-20(28)19-7-4-3-5-8-19;1-25(2)31-21(23(29)26-15-17-10-12-18(16-28)13-11-17)22(32-25)24(30)27-14-6-9-20(27)19-7-4-3-5-8-19;28-21(22(29)24(31)27-13-4-7-20(27)18-5-2-1-3-6-18)23(30)25-15-16-8-10-17(11-9-16)19-12-14-32-26-19;1-17(2)22-13(14(23-17)16(20)21)15(19)18-10-6-9-12(18)11-7-4-3-5-8-11;9-5-7-1-3-8(6-10)4-2-7;/h3-5,7-8,10-13,16,20-22,31H,6,9,14-15H2,1-2H3,(H,26,29);3-5,7-8,10-13,20-22,28H,6,9,14-16H2,1-2H3,(H,26,29);1-3,5-6,8-12,14,20-22,28-29H,4,7,13,15H2,(H,25,30);3-5,7-8,12-14H,6,9-10H2,1-2H3,(H,20,21);1-4,10H,5-6,9H2;1H4/t3*20-,21-,22-;12-,13-,14-;;/m1111../s1. The monoisotopic (exact) mass is 1800 g/mol. The molecule has 9 aromatic rings. The number of amides is 7. The first kappa shape index (κ1) is 99.3. The van der Waals surface area contributed by atoms with Crippen LogP contribution in [0.2, 0.25) is 0 Å². The Kier molecular flexibility index (Phi) is 35.3. The summed E-state index contributed by atoms with van der Waals surface area (Å²) in [5.41, 5.74) is 17.3. The Bertz CT molecular complexity index is 5190. The molecule has 7 saturated heterocycles. The van der Waals surface area contributed by atoms with Gasteiger partial charge in [-0.15, -0.1) is 0 Å². The fourth-order valence-corrected chi connectivity index (χ4v) is 16.9. The van der Waals surface area contributed by atoms with Crippen molar-refractivity contribution in [1.82, 2.24) is 40.7 Å². The molecule has 12 atom stereocenters. The van der Waals surface area contributed by atoms with Gasteiger partial charge in [0.25, 0.3) is 41.4 Å². The van der Waals surface area contributed by atoms with E-state index in [4.69, 9.17) is 54.1 Å². The number of hydrogen-bond acceptors (Lipinski definition) is 23. The minimum Gasteiger partial charge on any atom is -0.479 e. The molecule has 16 rings (SSSR count). The van der Waals surface area contributed by atoms with Gasteiger partial charge in [-0.25, -0.2) is 4.79 Å². The highest BCUT2D eigenvalue weighted by Crippen LogP contribution is 2.41. The minimum atomic E-state index is -1.85. The van der Waals surface area contributed by atoms with Crippen LogP contribution >= 0.6 is 0 Å². The molecule has 0 radical (unpaired) electrons. The number of nitrogens with one attached hydrogen (secondary N) is 3. The van der Waals surface area contributed by atoms with E-state index < -0.39 is 89.9 Å². The van der Waals surface area contributed by atoms with E-state index in [2.05, 4.69) is 26.3 Å². The van der Waals surface area contributed by atoms with E-state index in [1.807, 2.05) is 216 Å². The van der Waals surface area contributed by atoms with Gasteiger partial charge in [0.15, 0.2) is 66.2 Å². The third-order valence-electron chi connectivity index (χ3n) is 23.4. The van der Waals surface area contributed by atoms with E-state index in [-0.39, 0.29) is 81.5 Å². The molecular formula is C100H120N10O21. The van der Waals surface area contributed by atoms with Gasteiger partial charge in [0.05, 0.1) is 43.6 Å². The lowest BCUT2D eigenvalue weighted by atomic mass is 10.0. The van der Waals surface area contributed by atoms with Crippen LogP contribution in [-0.4, -0.2) is 201 Å². The van der Waals surface area contributed by atoms with Crippen molar-refractivity contribution in [2.24, 2.45) is 10.9 Å². The number of benzene rings is 8. The van der Waals surface area contributed by atoms with Crippen LogP contribution in [0.5, 0.6) is 0 Å². The lowest BCUT2D eigenvalue weighted by Crippen LogP contribution is -2.50. The smallest absolute Gasteiger partial charge is 0.336 e. The molecule has 0 aliphatic carbocycles. The first-order valence-electron chi connectivity index (χ1n) is 43.8. The molecule has 31 nitrogen and oxygen atoms in total. The fourth-order valence-electron chi connectivity index (χ4n) is 16.9. The molecule has 7 aliphatic heterocycles. The van der Waals surface area contributed by atoms with Gasteiger partial charge in [-0.2, -0.15) is 0 Å². The molecular weight excluding hydrogens is 1680 g/mol. The summed E-state index contributed by atoms with van der Waals surface area (Å²) >= 11 is 0. The Balaban J connectivity index is 0.000000163. The maximum atomic E-state index is 13.5. The van der Waals surface area contributed by atoms with Gasteiger partial charge < -0.3 is 105 Å². The molecule has 1 aromatic heterocycles. The highest BCUT2D eigenvalue weighted by molar-refractivity contribution is 5.94. The number of ether oxygens (including phenoxy) is 6. The fraction of sp³-hybridized carbons (Fsp3) is 0.400. The maximum Gasteiger partial charge on any atom is 0.336 e. The Labute approximate surface area is 762 Å². The van der Waals surface area contributed by atoms with Gasteiger partial charge in [-0.1, -0.05) is 236 Å². The number of likely N-dealkylation sites (tertiary alicyclic amines) is 4. The Morgan fingerprint density at radius 3 is 1.10 bits per heavy atom. The van der Waals surface area contributed by atoms with E-state index in [1.54, 1.807) is 69.5 Å². The number of nitrogens with two attached hydrogens (primary N) is 1. The van der Waals surface area contributed by atoms with Gasteiger partial charge in [-0.3, -0.25) is 33.6 Å². The minimum absolute atomic E-state index is 0. The molecule has 7 fully saturated rings. The largest absolute Gasteiger partial charge is 0.479 e. The molecule has 7 aliphatic rings. The third kappa shape index (κ3) is 26.3. The first-order chi connectivity index (χ1) is 62.5. The van der Waals surface area contributed by atoms with Gasteiger partial charge >= 0.3 is 5.97 Å². The molecule has 7 amide bonds. The number of hydrogen-bond donors (Lipinski definition) is 10. The number of aliphatic carboxylic acids is 1. The van der Waals surface area contributed by atoms with Crippen LogP contribution in [0, 0.1) is 0 Å². The molecule has 0 unspecified atom stereocenters. The summed E-state index contributed by atoms with van der Waals surface area (Å²) in [5, 5.41) is 71.6. The summed E-state index contributed by atoms with van der Waals surface area (Å²) in [4.78, 5) is 109. The van der Waals surface area contributed by atoms with Crippen molar-refractivity contribution in [1.29, 1.82) is 0 Å². The molecule has 131 heavy (non-hydrogen) atoms. The molecule has 0 spiro atoms.